The van der Waals surface area contributed by atoms with E-state index in [0.29, 0.717) is 13.0 Å². The van der Waals surface area contributed by atoms with Crippen molar-refractivity contribution in [2.75, 3.05) is 13.7 Å². The highest BCUT2D eigenvalue weighted by atomic mass is 32.1. The van der Waals surface area contributed by atoms with Crippen LogP contribution in [0.25, 0.3) is 10.1 Å². The van der Waals surface area contributed by atoms with Crippen molar-refractivity contribution in [3.05, 3.63) is 59.0 Å². The van der Waals surface area contributed by atoms with Gasteiger partial charge in [0.1, 0.15) is 0 Å². The van der Waals surface area contributed by atoms with Crippen LogP contribution < -0.4 is 14.8 Å². The van der Waals surface area contributed by atoms with Gasteiger partial charge in [0, 0.05) is 16.8 Å². The van der Waals surface area contributed by atoms with Gasteiger partial charge in [-0.05, 0) is 47.0 Å². The largest absolute Gasteiger partial charge is 0.493 e. The fraction of sp³-hybridized carbons (Fsp3) is 0.211. The number of carbonyl (C=O) groups is 1. The molecule has 0 spiro atoms. The number of nitrogens with one attached hydrogen (secondary N) is 1. The van der Waals surface area contributed by atoms with Crippen LogP contribution in [0.4, 0.5) is 8.78 Å². The third kappa shape index (κ3) is 4.11. The average molecular weight is 377 g/mol. The molecule has 3 aromatic rings. The Bertz CT molecular complexity index is 911. The number of rotatable bonds is 7. The molecule has 0 fully saturated rings. The summed E-state index contributed by atoms with van der Waals surface area (Å²) in [7, 11) is 1.35. The predicted octanol–water partition coefficient (Wildman–Crippen LogP) is 4.48. The lowest BCUT2D eigenvalue weighted by molar-refractivity contribution is -0.0512. The second-order valence-corrected chi connectivity index (χ2v) is 6.42. The summed E-state index contributed by atoms with van der Waals surface area (Å²) >= 11 is 1.67. The Kier molecular flexibility index (Phi) is 5.68. The molecule has 0 aliphatic rings. The first-order valence-electron chi connectivity index (χ1n) is 7.94. The van der Waals surface area contributed by atoms with E-state index >= 15 is 0 Å². The van der Waals surface area contributed by atoms with Gasteiger partial charge in [-0.25, -0.2) is 0 Å². The molecule has 0 saturated carbocycles. The third-order valence-corrected chi connectivity index (χ3v) is 4.90. The number of fused-ring (bicyclic) bond motifs is 1. The van der Waals surface area contributed by atoms with Gasteiger partial charge in [0.15, 0.2) is 11.5 Å². The van der Waals surface area contributed by atoms with Crippen molar-refractivity contribution >= 4 is 27.3 Å². The number of ether oxygens (including phenoxy) is 2. The van der Waals surface area contributed by atoms with Crippen LogP contribution in [0.1, 0.15) is 15.9 Å². The number of hydrogen-bond acceptors (Lipinski definition) is 4. The minimum atomic E-state index is -2.99. The Morgan fingerprint density at radius 2 is 2.00 bits per heavy atom. The highest BCUT2D eigenvalue weighted by Gasteiger charge is 2.14. The van der Waals surface area contributed by atoms with Crippen LogP contribution in [0.15, 0.2) is 47.8 Å². The SMILES string of the molecule is COc1ccc(C(=O)NCCc2csc3ccccc23)cc1OC(F)F. The average Bonchev–Trinajstić information content (AvgIpc) is 3.04. The number of halogens is 2. The molecule has 4 nitrogen and oxygen atoms in total. The van der Waals surface area contributed by atoms with E-state index in [0.717, 1.165) is 0 Å². The van der Waals surface area contributed by atoms with Crippen molar-refractivity contribution < 1.29 is 23.0 Å². The Morgan fingerprint density at radius 1 is 1.19 bits per heavy atom. The lowest BCUT2D eigenvalue weighted by Gasteiger charge is -2.11. The fourth-order valence-corrected chi connectivity index (χ4v) is 3.64. The maximum absolute atomic E-state index is 12.5. The molecule has 1 aromatic heterocycles. The molecule has 3 rings (SSSR count). The summed E-state index contributed by atoms with van der Waals surface area (Å²) in [6.45, 7) is -2.55. The van der Waals surface area contributed by atoms with Gasteiger partial charge in [0.05, 0.1) is 7.11 Å². The van der Waals surface area contributed by atoms with Crippen LogP contribution >= 0.6 is 11.3 Å². The molecule has 1 N–H and O–H groups in total. The molecular weight excluding hydrogens is 360 g/mol. The van der Waals surface area contributed by atoms with E-state index in [9.17, 15) is 13.6 Å². The number of amides is 1. The van der Waals surface area contributed by atoms with Gasteiger partial charge < -0.3 is 14.8 Å². The lowest BCUT2D eigenvalue weighted by atomic mass is 10.1. The third-order valence-electron chi connectivity index (χ3n) is 3.88. The normalized spacial score (nSPS) is 10.9. The van der Waals surface area contributed by atoms with Crippen LogP contribution in [0, 0.1) is 0 Å². The summed E-state index contributed by atoms with van der Waals surface area (Å²) in [4.78, 5) is 12.3. The molecule has 0 bridgehead atoms. The summed E-state index contributed by atoms with van der Waals surface area (Å²) in [5.41, 5.74) is 1.40. The van der Waals surface area contributed by atoms with E-state index in [1.54, 1.807) is 11.3 Å². The fourth-order valence-electron chi connectivity index (χ4n) is 2.65. The van der Waals surface area contributed by atoms with Crippen molar-refractivity contribution in [1.82, 2.24) is 5.32 Å². The molecule has 7 heteroatoms. The quantitative estimate of drug-likeness (QED) is 0.660. The summed E-state index contributed by atoms with van der Waals surface area (Å²) in [5.74, 6) is -0.378. The number of thiophene rings is 1. The molecule has 0 saturated heterocycles. The maximum atomic E-state index is 12.5. The Balaban J connectivity index is 1.64. The molecule has 2 aromatic carbocycles. The molecule has 0 radical (unpaired) electrons. The molecule has 26 heavy (non-hydrogen) atoms. The first-order valence-corrected chi connectivity index (χ1v) is 8.82. The van der Waals surface area contributed by atoms with Crippen molar-refractivity contribution in [2.45, 2.75) is 13.0 Å². The van der Waals surface area contributed by atoms with Crippen molar-refractivity contribution in [3.8, 4) is 11.5 Å². The second-order valence-electron chi connectivity index (χ2n) is 5.51. The van der Waals surface area contributed by atoms with Crippen molar-refractivity contribution in [1.29, 1.82) is 0 Å². The zero-order valence-electron chi connectivity index (χ0n) is 14.0. The highest BCUT2D eigenvalue weighted by Crippen LogP contribution is 2.29. The maximum Gasteiger partial charge on any atom is 0.387 e. The van der Waals surface area contributed by atoms with E-state index in [1.165, 1.54) is 41.0 Å². The number of methoxy groups -OCH3 is 1. The van der Waals surface area contributed by atoms with E-state index in [4.69, 9.17) is 4.74 Å². The first-order chi connectivity index (χ1) is 12.6. The van der Waals surface area contributed by atoms with Crippen molar-refractivity contribution in [2.24, 2.45) is 0 Å². The van der Waals surface area contributed by atoms with E-state index in [2.05, 4.69) is 27.6 Å². The molecule has 0 aliphatic heterocycles. The number of alkyl halides is 2. The number of benzene rings is 2. The molecular formula is C19H17F2NO3S. The zero-order valence-corrected chi connectivity index (χ0v) is 14.8. The van der Waals surface area contributed by atoms with Crippen LogP contribution in [0.5, 0.6) is 11.5 Å². The Hall–Kier alpha value is -2.67. The van der Waals surface area contributed by atoms with Gasteiger partial charge in [-0.15, -0.1) is 11.3 Å². The van der Waals surface area contributed by atoms with Crippen LogP contribution in [-0.4, -0.2) is 26.2 Å². The lowest BCUT2D eigenvalue weighted by Crippen LogP contribution is -2.25. The molecule has 1 heterocycles. The number of hydrogen-bond donors (Lipinski definition) is 1. The molecule has 0 aliphatic carbocycles. The first kappa shape index (κ1) is 18.1. The molecule has 136 valence electrons. The van der Waals surface area contributed by atoms with E-state index in [1.807, 2.05) is 12.1 Å². The van der Waals surface area contributed by atoms with Gasteiger partial charge >= 0.3 is 6.61 Å². The standard InChI is InChI=1S/C19H17F2NO3S/c1-24-15-7-6-12(10-16(15)25-19(20)21)18(23)22-9-8-13-11-26-17-5-3-2-4-14(13)17/h2-7,10-11,19H,8-9H2,1H3,(H,22,23). The smallest absolute Gasteiger partial charge is 0.387 e. The van der Waals surface area contributed by atoms with E-state index < -0.39 is 6.61 Å². The summed E-state index contributed by atoms with van der Waals surface area (Å²) in [6, 6.07) is 12.3. The van der Waals surface area contributed by atoms with Gasteiger partial charge in [-0.1, -0.05) is 18.2 Å². The van der Waals surface area contributed by atoms with Crippen LogP contribution in [0.3, 0.4) is 0 Å². The molecule has 1 amide bonds. The predicted molar refractivity (Wildman–Crippen MR) is 97.5 cm³/mol. The van der Waals surface area contributed by atoms with Gasteiger partial charge in [0.2, 0.25) is 0 Å². The Labute approximate surface area is 153 Å². The summed E-state index contributed by atoms with van der Waals surface area (Å²) in [6.07, 6.45) is 0.687. The van der Waals surface area contributed by atoms with Crippen LogP contribution in [0.2, 0.25) is 0 Å². The minimum absolute atomic E-state index is 0.145. The van der Waals surface area contributed by atoms with E-state index in [-0.39, 0.29) is 23.0 Å². The topological polar surface area (TPSA) is 47.6 Å². The Morgan fingerprint density at radius 3 is 2.77 bits per heavy atom. The summed E-state index contributed by atoms with van der Waals surface area (Å²) in [5, 5.41) is 6.07. The van der Waals surface area contributed by atoms with Crippen LogP contribution in [-0.2, 0) is 6.42 Å². The monoisotopic (exact) mass is 377 g/mol. The van der Waals surface area contributed by atoms with Crippen molar-refractivity contribution in [3.63, 3.8) is 0 Å². The molecule has 0 atom stereocenters. The molecule has 0 unspecified atom stereocenters. The summed E-state index contributed by atoms with van der Waals surface area (Å²) < 4.78 is 35.5. The minimum Gasteiger partial charge on any atom is -0.493 e. The van der Waals surface area contributed by atoms with Gasteiger partial charge in [-0.3, -0.25) is 4.79 Å². The zero-order chi connectivity index (χ0) is 18.5. The number of carbonyl (C=O) groups excluding carboxylic acids is 1. The second kappa shape index (κ2) is 8.14. The van der Waals surface area contributed by atoms with Gasteiger partial charge in [0.25, 0.3) is 5.91 Å². The highest BCUT2D eigenvalue weighted by molar-refractivity contribution is 7.17. The van der Waals surface area contributed by atoms with Gasteiger partial charge in [-0.2, -0.15) is 8.78 Å².